The van der Waals surface area contributed by atoms with Gasteiger partial charge in [0.05, 0.1) is 6.54 Å². The number of carbonyl (C=O) groups excluding carboxylic acids is 1. The minimum atomic E-state index is -0.537. The van der Waals surface area contributed by atoms with E-state index >= 15 is 0 Å². The van der Waals surface area contributed by atoms with Gasteiger partial charge in [0, 0.05) is 28.7 Å². The molecule has 3 rings (SSSR count). The molecule has 2 unspecified atom stereocenters. The van der Waals surface area contributed by atoms with Crippen molar-refractivity contribution in [1.82, 2.24) is 9.88 Å². The second-order valence-corrected chi connectivity index (χ2v) is 7.07. The molecule has 0 bridgehead atoms. The highest BCUT2D eigenvalue weighted by molar-refractivity contribution is 7.80. The predicted molar refractivity (Wildman–Crippen MR) is 91.9 cm³/mol. The van der Waals surface area contributed by atoms with E-state index in [4.69, 9.17) is 9.47 Å². The van der Waals surface area contributed by atoms with Crippen molar-refractivity contribution in [2.24, 2.45) is 0 Å². The Kier molecular flexibility index (Phi) is 4.10. The number of hydrogen-bond acceptors (Lipinski definition) is 5. The number of amides is 1. The van der Waals surface area contributed by atoms with Crippen LogP contribution in [-0.4, -0.2) is 39.6 Å². The lowest BCUT2D eigenvalue weighted by Crippen LogP contribution is -2.43. The molecule has 1 aromatic heterocycles. The third-order valence-electron chi connectivity index (χ3n) is 3.85. The van der Waals surface area contributed by atoms with Gasteiger partial charge in [-0.05, 0) is 32.9 Å². The maximum Gasteiger partial charge on any atom is 0.410 e. The van der Waals surface area contributed by atoms with E-state index in [0.717, 1.165) is 10.8 Å². The zero-order valence-electron chi connectivity index (χ0n) is 13.4. The molecular formula is C17H20N2O3S. The fourth-order valence-corrected chi connectivity index (χ4v) is 2.85. The van der Waals surface area contributed by atoms with Gasteiger partial charge in [0.15, 0.2) is 11.5 Å². The second-order valence-electron chi connectivity index (χ2n) is 6.57. The van der Waals surface area contributed by atoms with Crippen molar-refractivity contribution in [2.75, 3.05) is 6.54 Å². The van der Waals surface area contributed by atoms with Crippen LogP contribution in [0, 0.1) is 0 Å². The van der Waals surface area contributed by atoms with E-state index in [1.165, 1.54) is 0 Å². The number of nitrogens with zero attached hydrogens (tertiary/aromatic N) is 2. The summed E-state index contributed by atoms with van der Waals surface area (Å²) in [5, 5.41) is 1.95. The van der Waals surface area contributed by atoms with E-state index in [2.05, 4.69) is 17.6 Å². The summed E-state index contributed by atoms with van der Waals surface area (Å²) in [5.41, 5.74) is -0.824. The highest BCUT2D eigenvalue weighted by Crippen LogP contribution is 2.30. The van der Waals surface area contributed by atoms with Gasteiger partial charge in [-0.2, -0.15) is 0 Å². The summed E-state index contributed by atoms with van der Waals surface area (Å²) in [6, 6.07) is 7.65. The molecule has 0 aliphatic carbocycles. The molecule has 2 atom stereocenters. The molecule has 1 aliphatic rings. The van der Waals surface area contributed by atoms with Gasteiger partial charge in [0.2, 0.25) is 0 Å². The van der Waals surface area contributed by atoms with E-state index in [1.807, 2.05) is 45.0 Å². The van der Waals surface area contributed by atoms with E-state index in [1.54, 1.807) is 17.3 Å². The lowest BCUT2D eigenvalue weighted by molar-refractivity contribution is 0.0890. The Morgan fingerprint density at radius 3 is 2.87 bits per heavy atom. The number of fused-ring (bicyclic) bond motifs is 1. The molecule has 0 radical (unpaired) electrons. The average Bonchev–Trinajstić information content (AvgIpc) is 2.90. The van der Waals surface area contributed by atoms with Gasteiger partial charge in [-0.1, -0.05) is 12.1 Å². The molecule has 0 N–H and O–H groups in total. The van der Waals surface area contributed by atoms with Gasteiger partial charge in [-0.15, -0.1) is 12.6 Å². The molecule has 23 heavy (non-hydrogen) atoms. The molecule has 1 aliphatic heterocycles. The lowest BCUT2D eigenvalue weighted by Gasteiger charge is -2.29. The van der Waals surface area contributed by atoms with Crippen molar-refractivity contribution in [1.29, 1.82) is 0 Å². The molecule has 1 fully saturated rings. The maximum atomic E-state index is 12.0. The Bertz CT molecular complexity index is 724. The number of benzene rings is 1. The first-order valence-electron chi connectivity index (χ1n) is 7.52. The van der Waals surface area contributed by atoms with E-state index in [-0.39, 0.29) is 11.6 Å². The minimum Gasteiger partial charge on any atom is -0.475 e. The van der Waals surface area contributed by atoms with Gasteiger partial charge >= 0.3 is 6.09 Å². The molecule has 6 heteroatoms. The van der Waals surface area contributed by atoms with Crippen LogP contribution in [0.15, 0.2) is 36.7 Å². The molecule has 0 spiro atoms. The molecule has 0 saturated carbocycles. The van der Waals surface area contributed by atoms with E-state index in [0.29, 0.717) is 12.3 Å². The Balaban J connectivity index is 1.77. The first-order chi connectivity index (χ1) is 10.9. The number of rotatable bonds is 3. The molecule has 122 valence electrons. The summed E-state index contributed by atoms with van der Waals surface area (Å²) in [6.07, 6.45) is 2.76. The summed E-state index contributed by atoms with van der Waals surface area (Å²) in [5.74, 6) is 0.704. The normalized spacial score (nSPS) is 19.7. The largest absolute Gasteiger partial charge is 0.475 e. The molecule has 1 saturated heterocycles. The van der Waals surface area contributed by atoms with Crippen molar-refractivity contribution in [3.05, 3.63) is 36.7 Å². The Hall–Kier alpha value is -1.95. The van der Waals surface area contributed by atoms with Crippen LogP contribution < -0.4 is 4.74 Å². The van der Waals surface area contributed by atoms with Crippen molar-refractivity contribution in [2.45, 2.75) is 37.9 Å². The monoisotopic (exact) mass is 332 g/mol. The smallest absolute Gasteiger partial charge is 0.410 e. The van der Waals surface area contributed by atoms with E-state index in [9.17, 15) is 4.79 Å². The van der Waals surface area contributed by atoms with Crippen LogP contribution >= 0.6 is 12.6 Å². The van der Waals surface area contributed by atoms with Crippen LogP contribution in [0.5, 0.6) is 5.75 Å². The first-order valence-corrected chi connectivity index (χ1v) is 8.03. The van der Waals surface area contributed by atoms with Crippen molar-refractivity contribution >= 4 is 29.5 Å². The van der Waals surface area contributed by atoms with Gasteiger partial charge < -0.3 is 9.47 Å². The number of hydrogen-bond donors (Lipinski definition) is 1. The molecule has 5 nitrogen and oxygen atoms in total. The fourth-order valence-electron chi connectivity index (χ4n) is 2.58. The third-order valence-corrected chi connectivity index (χ3v) is 4.29. The molecule has 1 aromatic carbocycles. The van der Waals surface area contributed by atoms with Crippen molar-refractivity contribution in [3.63, 3.8) is 0 Å². The van der Waals surface area contributed by atoms with E-state index < -0.39 is 11.5 Å². The van der Waals surface area contributed by atoms with Crippen LogP contribution in [-0.2, 0) is 4.74 Å². The summed E-state index contributed by atoms with van der Waals surface area (Å²) in [6.45, 7) is 6.39. The molecule has 1 amide bonds. The topological polar surface area (TPSA) is 51.7 Å². The highest BCUT2D eigenvalue weighted by Gasteiger charge is 2.41. The highest BCUT2D eigenvalue weighted by atomic mass is 32.1. The zero-order valence-corrected chi connectivity index (χ0v) is 14.3. The Labute approximate surface area is 141 Å². The van der Waals surface area contributed by atoms with Gasteiger partial charge in [-0.3, -0.25) is 9.88 Å². The SMILES string of the molecule is CC(C)(C)N1CC(C(S)Oc2cccc3cnccc23)OC1=O. The number of pyridine rings is 1. The van der Waals surface area contributed by atoms with Crippen LogP contribution in [0.4, 0.5) is 4.79 Å². The number of aromatic nitrogens is 1. The lowest BCUT2D eigenvalue weighted by atomic mass is 10.1. The predicted octanol–water partition coefficient (Wildman–Crippen LogP) is 3.49. The summed E-state index contributed by atoms with van der Waals surface area (Å²) in [4.78, 5) is 17.8. The molecule has 2 heterocycles. The maximum absolute atomic E-state index is 12.0. The summed E-state index contributed by atoms with van der Waals surface area (Å²) >= 11 is 4.50. The van der Waals surface area contributed by atoms with Crippen molar-refractivity contribution in [3.8, 4) is 5.75 Å². The Morgan fingerprint density at radius 1 is 1.39 bits per heavy atom. The van der Waals surface area contributed by atoms with Crippen molar-refractivity contribution < 1.29 is 14.3 Å². The zero-order chi connectivity index (χ0) is 16.6. The third kappa shape index (κ3) is 3.22. The number of carbonyl (C=O) groups is 1. The average molecular weight is 332 g/mol. The second kappa shape index (κ2) is 5.92. The molecular weight excluding hydrogens is 312 g/mol. The fraction of sp³-hybridized carbons (Fsp3) is 0.412. The number of thiol groups is 1. The van der Waals surface area contributed by atoms with Gasteiger partial charge in [0.25, 0.3) is 0 Å². The standard InChI is InChI=1S/C17H20N2O3S/c1-17(2,3)19-10-14(22-16(19)20)15(23)21-13-6-4-5-11-9-18-8-7-12(11)13/h4-9,14-15,23H,10H2,1-3H3. The van der Waals surface area contributed by atoms with Crippen LogP contribution in [0.25, 0.3) is 10.8 Å². The first kappa shape index (κ1) is 15.9. The number of ether oxygens (including phenoxy) is 2. The van der Waals surface area contributed by atoms with Crippen LogP contribution in [0.1, 0.15) is 20.8 Å². The van der Waals surface area contributed by atoms with Gasteiger partial charge in [-0.25, -0.2) is 4.79 Å². The summed E-state index contributed by atoms with van der Waals surface area (Å²) in [7, 11) is 0. The van der Waals surface area contributed by atoms with Crippen LogP contribution in [0.2, 0.25) is 0 Å². The minimum absolute atomic E-state index is 0.287. The Morgan fingerprint density at radius 2 is 2.17 bits per heavy atom. The number of cyclic esters (lactones) is 1. The summed E-state index contributed by atoms with van der Waals surface area (Å²) < 4.78 is 11.4. The van der Waals surface area contributed by atoms with Crippen LogP contribution in [0.3, 0.4) is 0 Å². The quantitative estimate of drug-likeness (QED) is 0.690. The van der Waals surface area contributed by atoms with Gasteiger partial charge in [0.1, 0.15) is 5.75 Å². The molecule has 2 aromatic rings.